The molecule has 3 nitrogen and oxygen atoms in total. The van der Waals surface area contributed by atoms with Gasteiger partial charge in [-0.25, -0.2) is 4.79 Å². The molecule has 0 aliphatic carbocycles. The largest absolute Gasteiger partial charge is 0.478 e. The Morgan fingerprint density at radius 1 is 1.40 bits per heavy atom. The maximum absolute atomic E-state index is 10.7. The highest BCUT2D eigenvalue weighted by Crippen LogP contribution is 2.31. The van der Waals surface area contributed by atoms with Crippen LogP contribution in [-0.2, 0) is 4.79 Å². The highest BCUT2D eigenvalue weighted by Gasteiger charge is 2.23. The van der Waals surface area contributed by atoms with Crippen LogP contribution >= 0.6 is 11.6 Å². The Kier molecular flexibility index (Phi) is 4.71. The smallest absolute Gasteiger partial charge is 0.328 e. The maximum Gasteiger partial charge on any atom is 0.328 e. The molecule has 1 saturated heterocycles. The molecule has 1 aliphatic rings. The molecule has 0 radical (unpaired) electrons. The first-order valence-corrected chi connectivity index (χ1v) is 7.30. The van der Waals surface area contributed by atoms with Gasteiger partial charge < -0.3 is 10.0 Å². The maximum atomic E-state index is 10.7. The zero-order valence-corrected chi connectivity index (χ0v) is 12.6. The van der Waals surface area contributed by atoms with Gasteiger partial charge in [0.25, 0.3) is 0 Å². The molecule has 2 rings (SSSR count). The average Bonchev–Trinajstić information content (AvgIpc) is 2.40. The summed E-state index contributed by atoms with van der Waals surface area (Å²) in [6.45, 7) is 6.51. The van der Waals surface area contributed by atoms with Crippen molar-refractivity contribution in [3.8, 4) is 0 Å². The van der Waals surface area contributed by atoms with Crippen LogP contribution < -0.4 is 4.90 Å². The van der Waals surface area contributed by atoms with Crippen molar-refractivity contribution >= 4 is 29.3 Å². The van der Waals surface area contributed by atoms with E-state index < -0.39 is 5.97 Å². The van der Waals surface area contributed by atoms with Crippen LogP contribution in [0.5, 0.6) is 0 Å². The molecule has 108 valence electrons. The minimum Gasteiger partial charge on any atom is -0.478 e. The molecule has 0 spiro atoms. The van der Waals surface area contributed by atoms with Crippen LogP contribution in [-0.4, -0.2) is 24.2 Å². The van der Waals surface area contributed by atoms with E-state index in [1.807, 2.05) is 12.1 Å². The SMILES string of the molecule is CC1CCN(c2cc(Cl)ccc2/C=C/C(=O)O)CC1C. The first kappa shape index (κ1) is 14.9. The Morgan fingerprint density at radius 2 is 2.15 bits per heavy atom. The molecular weight excluding hydrogens is 274 g/mol. The number of piperidine rings is 1. The monoisotopic (exact) mass is 293 g/mol. The topological polar surface area (TPSA) is 40.5 Å². The molecule has 0 bridgehead atoms. The number of nitrogens with zero attached hydrogens (tertiary/aromatic N) is 1. The Bertz CT molecular complexity index is 527. The van der Waals surface area contributed by atoms with E-state index in [0.29, 0.717) is 10.9 Å². The molecule has 1 heterocycles. The lowest BCUT2D eigenvalue weighted by atomic mass is 9.88. The van der Waals surface area contributed by atoms with Crippen molar-refractivity contribution in [3.05, 3.63) is 34.9 Å². The van der Waals surface area contributed by atoms with Crippen LogP contribution in [0.25, 0.3) is 6.08 Å². The van der Waals surface area contributed by atoms with Gasteiger partial charge in [-0.15, -0.1) is 0 Å². The predicted octanol–water partition coefficient (Wildman–Crippen LogP) is 3.92. The van der Waals surface area contributed by atoms with Crippen molar-refractivity contribution in [2.24, 2.45) is 11.8 Å². The Labute approximate surface area is 124 Å². The van der Waals surface area contributed by atoms with Crippen molar-refractivity contribution in [2.75, 3.05) is 18.0 Å². The molecule has 20 heavy (non-hydrogen) atoms. The van der Waals surface area contributed by atoms with Crippen LogP contribution in [0.2, 0.25) is 5.02 Å². The Balaban J connectivity index is 2.29. The van der Waals surface area contributed by atoms with Gasteiger partial charge in [0.2, 0.25) is 0 Å². The fraction of sp³-hybridized carbons (Fsp3) is 0.438. The van der Waals surface area contributed by atoms with E-state index >= 15 is 0 Å². The number of carboxylic acid groups (broad SMARTS) is 1. The molecule has 2 atom stereocenters. The number of rotatable bonds is 3. The van der Waals surface area contributed by atoms with Crippen molar-refractivity contribution in [1.82, 2.24) is 0 Å². The third kappa shape index (κ3) is 3.54. The minimum atomic E-state index is -0.938. The van der Waals surface area contributed by atoms with Gasteiger partial charge in [0.1, 0.15) is 0 Å². The van der Waals surface area contributed by atoms with Gasteiger partial charge in [0, 0.05) is 29.9 Å². The fourth-order valence-electron chi connectivity index (χ4n) is 2.57. The Morgan fingerprint density at radius 3 is 2.80 bits per heavy atom. The first-order valence-electron chi connectivity index (χ1n) is 6.93. The second-order valence-corrected chi connectivity index (χ2v) is 6.00. The predicted molar refractivity (Wildman–Crippen MR) is 83.3 cm³/mol. The second kappa shape index (κ2) is 6.31. The summed E-state index contributed by atoms with van der Waals surface area (Å²) in [5.41, 5.74) is 1.92. The van der Waals surface area contributed by atoms with Gasteiger partial charge >= 0.3 is 5.97 Å². The summed E-state index contributed by atoms with van der Waals surface area (Å²) in [6.07, 6.45) is 3.95. The number of halogens is 1. The zero-order chi connectivity index (χ0) is 14.7. The molecule has 1 aromatic carbocycles. The number of anilines is 1. The van der Waals surface area contributed by atoms with Crippen molar-refractivity contribution in [2.45, 2.75) is 20.3 Å². The van der Waals surface area contributed by atoms with Gasteiger partial charge in [-0.1, -0.05) is 31.5 Å². The third-order valence-corrected chi connectivity index (χ3v) is 4.31. The minimum absolute atomic E-state index is 0.624. The van der Waals surface area contributed by atoms with Gasteiger partial charge in [-0.3, -0.25) is 0 Å². The van der Waals surface area contributed by atoms with E-state index in [-0.39, 0.29) is 0 Å². The number of benzene rings is 1. The summed E-state index contributed by atoms with van der Waals surface area (Å²) < 4.78 is 0. The lowest BCUT2D eigenvalue weighted by molar-refractivity contribution is -0.131. The summed E-state index contributed by atoms with van der Waals surface area (Å²) in [5.74, 6) is 0.411. The summed E-state index contributed by atoms with van der Waals surface area (Å²) in [4.78, 5) is 13.0. The molecule has 1 aliphatic heterocycles. The lowest BCUT2D eigenvalue weighted by Gasteiger charge is -2.37. The van der Waals surface area contributed by atoms with Crippen LogP contribution in [0.15, 0.2) is 24.3 Å². The highest BCUT2D eigenvalue weighted by atomic mass is 35.5. The number of hydrogen-bond donors (Lipinski definition) is 1. The van der Waals surface area contributed by atoms with E-state index in [9.17, 15) is 4.79 Å². The molecule has 2 unspecified atom stereocenters. The molecular formula is C16H20ClNO2. The third-order valence-electron chi connectivity index (χ3n) is 4.07. The van der Waals surface area contributed by atoms with E-state index in [2.05, 4.69) is 18.7 Å². The lowest BCUT2D eigenvalue weighted by Crippen LogP contribution is -2.38. The number of carboxylic acids is 1. The quantitative estimate of drug-likeness (QED) is 0.859. The standard InChI is InChI=1S/C16H20ClNO2/c1-11-7-8-18(10-12(11)2)15-9-14(17)5-3-13(15)4-6-16(19)20/h3-6,9,11-12H,7-8,10H2,1-2H3,(H,19,20)/b6-4+. The normalized spacial score (nSPS) is 23.2. The summed E-state index contributed by atoms with van der Waals surface area (Å²) in [6, 6.07) is 5.59. The van der Waals surface area contributed by atoms with Gasteiger partial charge in [0.05, 0.1) is 0 Å². The highest BCUT2D eigenvalue weighted by molar-refractivity contribution is 6.31. The van der Waals surface area contributed by atoms with Crippen LogP contribution in [0.4, 0.5) is 5.69 Å². The number of hydrogen-bond acceptors (Lipinski definition) is 2. The fourth-order valence-corrected chi connectivity index (χ4v) is 2.74. The van der Waals surface area contributed by atoms with Crippen LogP contribution in [0.3, 0.4) is 0 Å². The summed E-state index contributed by atoms with van der Waals surface area (Å²) in [5, 5.41) is 9.46. The molecule has 0 aromatic heterocycles. The van der Waals surface area contributed by atoms with E-state index in [1.54, 1.807) is 12.1 Å². The molecule has 1 N–H and O–H groups in total. The second-order valence-electron chi connectivity index (χ2n) is 5.56. The van der Waals surface area contributed by atoms with Gasteiger partial charge in [-0.05, 0) is 42.0 Å². The Hall–Kier alpha value is -1.48. The molecule has 1 fully saturated rings. The van der Waals surface area contributed by atoms with Crippen LogP contribution in [0, 0.1) is 11.8 Å². The van der Waals surface area contributed by atoms with Crippen molar-refractivity contribution < 1.29 is 9.90 Å². The molecule has 0 saturated carbocycles. The molecule has 4 heteroatoms. The van der Waals surface area contributed by atoms with E-state index in [4.69, 9.17) is 16.7 Å². The van der Waals surface area contributed by atoms with Crippen molar-refractivity contribution in [3.63, 3.8) is 0 Å². The van der Waals surface area contributed by atoms with E-state index in [1.165, 1.54) is 6.08 Å². The first-order chi connectivity index (χ1) is 9.47. The number of aliphatic carboxylic acids is 1. The van der Waals surface area contributed by atoms with Crippen molar-refractivity contribution in [1.29, 1.82) is 0 Å². The van der Waals surface area contributed by atoms with Gasteiger partial charge in [-0.2, -0.15) is 0 Å². The zero-order valence-electron chi connectivity index (χ0n) is 11.8. The number of carbonyl (C=O) groups is 1. The van der Waals surface area contributed by atoms with Gasteiger partial charge in [0.15, 0.2) is 0 Å². The molecule has 0 amide bonds. The summed E-state index contributed by atoms with van der Waals surface area (Å²) >= 11 is 6.10. The molecule has 1 aromatic rings. The average molecular weight is 294 g/mol. The van der Waals surface area contributed by atoms with Crippen LogP contribution in [0.1, 0.15) is 25.8 Å². The summed E-state index contributed by atoms with van der Waals surface area (Å²) in [7, 11) is 0. The van der Waals surface area contributed by atoms with E-state index in [0.717, 1.165) is 36.7 Å².